The van der Waals surface area contributed by atoms with Gasteiger partial charge < -0.3 is 10.8 Å². The molecule has 1 rings (SSSR count). The first-order valence-electron chi connectivity index (χ1n) is 5.31. The molecule has 1 aromatic carbocycles. The number of hydrogen-bond donors (Lipinski definition) is 2. The first-order chi connectivity index (χ1) is 7.43. The average molecular weight is 299 g/mol. The molecular formula is C12H18Cl3NO. The van der Waals surface area contributed by atoms with Crippen molar-refractivity contribution in [3.8, 4) is 0 Å². The number of hydrogen-bond acceptors (Lipinski definition) is 2. The highest BCUT2D eigenvalue weighted by Gasteiger charge is 2.20. The van der Waals surface area contributed by atoms with E-state index < -0.39 is 12.1 Å². The normalized spacial score (nSPS) is 14.3. The second-order valence-electron chi connectivity index (χ2n) is 4.37. The molecule has 0 saturated heterocycles. The van der Waals surface area contributed by atoms with E-state index in [1.54, 1.807) is 18.2 Å². The fourth-order valence-corrected chi connectivity index (χ4v) is 2.05. The van der Waals surface area contributed by atoms with Crippen LogP contribution in [0.15, 0.2) is 18.2 Å². The molecule has 17 heavy (non-hydrogen) atoms. The third-order valence-electron chi connectivity index (χ3n) is 2.47. The summed E-state index contributed by atoms with van der Waals surface area (Å²) in [6.07, 6.45) is 0.0419. The van der Waals surface area contributed by atoms with Crippen LogP contribution in [0.1, 0.15) is 31.9 Å². The average Bonchev–Trinajstić information content (AvgIpc) is 2.20. The molecule has 2 nitrogen and oxygen atoms in total. The maximum atomic E-state index is 9.93. The van der Waals surface area contributed by atoms with Gasteiger partial charge in [-0.15, -0.1) is 12.4 Å². The van der Waals surface area contributed by atoms with Crippen LogP contribution in [0.25, 0.3) is 0 Å². The van der Waals surface area contributed by atoms with Gasteiger partial charge >= 0.3 is 0 Å². The molecule has 98 valence electrons. The van der Waals surface area contributed by atoms with Crippen LogP contribution in [0.2, 0.25) is 10.0 Å². The van der Waals surface area contributed by atoms with Crippen LogP contribution >= 0.6 is 35.6 Å². The van der Waals surface area contributed by atoms with E-state index >= 15 is 0 Å². The lowest BCUT2D eigenvalue weighted by atomic mass is 9.95. The predicted molar refractivity (Wildman–Crippen MR) is 76.1 cm³/mol. The smallest absolute Gasteiger partial charge is 0.0735 e. The van der Waals surface area contributed by atoms with E-state index in [1.165, 1.54) is 0 Å². The molecule has 0 aromatic heterocycles. The Kier molecular flexibility index (Phi) is 7.45. The summed E-state index contributed by atoms with van der Waals surface area (Å²) in [7, 11) is 0. The zero-order chi connectivity index (χ0) is 12.3. The highest BCUT2D eigenvalue weighted by Crippen LogP contribution is 2.31. The van der Waals surface area contributed by atoms with E-state index in [0.29, 0.717) is 27.9 Å². The number of nitrogens with two attached hydrogens (primary N) is 1. The molecule has 0 heterocycles. The summed E-state index contributed by atoms with van der Waals surface area (Å²) in [5.74, 6) is 0.388. The Morgan fingerprint density at radius 1 is 1.29 bits per heavy atom. The topological polar surface area (TPSA) is 46.2 Å². The molecule has 0 fully saturated rings. The third kappa shape index (κ3) is 4.65. The van der Waals surface area contributed by atoms with Gasteiger partial charge in [0, 0.05) is 0 Å². The maximum Gasteiger partial charge on any atom is 0.0735 e. The van der Waals surface area contributed by atoms with Crippen molar-refractivity contribution < 1.29 is 5.11 Å². The number of aliphatic hydroxyl groups excluding tert-OH is 1. The van der Waals surface area contributed by atoms with E-state index in [9.17, 15) is 5.11 Å². The van der Waals surface area contributed by atoms with Crippen molar-refractivity contribution in [1.29, 1.82) is 0 Å². The summed E-state index contributed by atoms with van der Waals surface area (Å²) in [5.41, 5.74) is 6.66. The van der Waals surface area contributed by atoms with E-state index in [0.717, 1.165) is 0 Å². The quantitative estimate of drug-likeness (QED) is 0.887. The van der Waals surface area contributed by atoms with Crippen molar-refractivity contribution in [2.45, 2.75) is 32.4 Å². The van der Waals surface area contributed by atoms with Gasteiger partial charge in [-0.2, -0.15) is 0 Å². The molecule has 3 N–H and O–H groups in total. The van der Waals surface area contributed by atoms with Gasteiger partial charge in [0.2, 0.25) is 0 Å². The van der Waals surface area contributed by atoms with Crippen LogP contribution < -0.4 is 5.73 Å². The maximum absolute atomic E-state index is 9.93. The minimum Gasteiger partial charge on any atom is -0.391 e. The molecule has 5 heteroatoms. The fourth-order valence-electron chi connectivity index (χ4n) is 1.61. The lowest BCUT2D eigenvalue weighted by Gasteiger charge is -2.22. The van der Waals surface area contributed by atoms with Crippen LogP contribution in [-0.4, -0.2) is 11.2 Å². The second-order valence-corrected chi connectivity index (χ2v) is 5.15. The molecule has 0 aliphatic heterocycles. The van der Waals surface area contributed by atoms with E-state index in [2.05, 4.69) is 0 Å². The van der Waals surface area contributed by atoms with Crippen LogP contribution in [0.3, 0.4) is 0 Å². The van der Waals surface area contributed by atoms with Crippen LogP contribution in [0, 0.1) is 5.92 Å². The van der Waals surface area contributed by atoms with Crippen molar-refractivity contribution >= 4 is 35.6 Å². The molecule has 0 saturated carbocycles. The van der Waals surface area contributed by atoms with Crippen molar-refractivity contribution in [2.24, 2.45) is 11.7 Å². The molecule has 0 unspecified atom stereocenters. The molecule has 0 bridgehead atoms. The Bertz CT molecular complexity index is 358. The zero-order valence-corrected chi connectivity index (χ0v) is 12.2. The summed E-state index contributed by atoms with van der Waals surface area (Å²) in [6, 6.07) is 4.79. The van der Waals surface area contributed by atoms with Gasteiger partial charge in [-0.1, -0.05) is 49.2 Å². The minimum atomic E-state index is -0.601. The number of rotatable bonds is 4. The summed E-state index contributed by atoms with van der Waals surface area (Å²) in [5, 5.41) is 10.8. The highest BCUT2D eigenvalue weighted by atomic mass is 35.5. The van der Waals surface area contributed by atoms with E-state index in [-0.39, 0.29) is 12.4 Å². The van der Waals surface area contributed by atoms with Crippen molar-refractivity contribution in [1.82, 2.24) is 0 Å². The van der Waals surface area contributed by atoms with Gasteiger partial charge in [0.1, 0.15) is 0 Å². The van der Waals surface area contributed by atoms with Crippen LogP contribution in [0.5, 0.6) is 0 Å². The Hall–Kier alpha value is 0.01000. The Morgan fingerprint density at radius 2 is 1.88 bits per heavy atom. The van der Waals surface area contributed by atoms with Gasteiger partial charge in [0.25, 0.3) is 0 Å². The Balaban J connectivity index is 0.00000256. The first-order valence-corrected chi connectivity index (χ1v) is 6.06. The van der Waals surface area contributed by atoms with Gasteiger partial charge in [0.15, 0.2) is 0 Å². The molecular weight excluding hydrogens is 280 g/mol. The summed E-state index contributed by atoms with van der Waals surface area (Å²) in [6.45, 7) is 4.07. The van der Waals surface area contributed by atoms with Gasteiger partial charge in [-0.25, -0.2) is 0 Å². The molecule has 2 atom stereocenters. The van der Waals surface area contributed by atoms with Crippen molar-refractivity contribution in [2.75, 3.05) is 0 Å². The van der Waals surface area contributed by atoms with Crippen molar-refractivity contribution in [3.05, 3.63) is 33.8 Å². The third-order valence-corrected chi connectivity index (χ3v) is 3.30. The Labute approximate surface area is 119 Å². The molecule has 0 amide bonds. The number of benzene rings is 1. The molecule has 0 spiro atoms. The van der Waals surface area contributed by atoms with Gasteiger partial charge in [-0.05, 0) is 24.0 Å². The molecule has 0 aliphatic rings. The number of halogens is 3. The molecule has 0 aliphatic carbocycles. The van der Waals surface area contributed by atoms with Crippen LogP contribution in [0.4, 0.5) is 0 Å². The standard InChI is InChI=1S/C12H17Cl2NO.ClH/c1-7(2)6-10(16)12(15)8-4-3-5-9(13)11(8)14;/h3-5,7,10,12,16H,6,15H2,1-2H3;1H/t10-,12+;/m0./s1. The fraction of sp³-hybridized carbons (Fsp3) is 0.500. The lowest BCUT2D eigenvalue weighted by molar-refractivity contribution is 0.121. The largest absolute Gasteiger partial charge is 0.391 e. The highest BCUT2D eigenvalue weighted by molar-refractivity contribution is 6.42. The predicted octanol–water partition coefficient (Wildman–Crippen LogP) is 3.82. The molecule has 1 aromatic rings. The monoisotopic (exact) mass is 297 g/mol. The summed E-state index contributed by atoms with van der Waals surface area (Å²) in [4.78, 5) is 0. The van der Waals surface area contributed by atoms with Gasteiger partial charge in [-0.3, -0.25) is 0 Å². The number of aliphatic hydroxyl groups is 1. The Morgan fingerprint density at radius 3 is 2.41 bits per heavy atom. The van der Waals surface area contributed by atoms with Gasteiger partial charge in [0.05, 0.1) is 22.2 Å². The van der Waals surface area contributed by atoms with E-state index in [4.69, 9.17) is 28.9 Å². The lowest BCUT2D eigenvalue weighted by Crippen LogP contribution is -2.27. The second kappa shape index (κ2) is 7.45. The SMILES string of the molecule is CC(C)C[C@H](O)[C@H](N)c1cccc(Cl)c1Cl.Cl. The van der Waals surface area contributed by atoms with E-state index in [1.807, 2.05) is 13.8 Å². The zero-order valence-electron chi connectivity index (χ0n) is 9.86. The summed E-state index contributed by atoms with van der Waals surface area (Å²) >= 11 is 11.9. The summed E-state index contributed by atoms with van der Waals surface area (Å²) < 4.78 is 0. The molecule has 0 radical (unpaired) electrons. The van der Waals surface area contributed by atoms with Crippen LogP contribution in [-0.2, 0) is 0 Å². The van der Waals surface area contributed by atoms with Crippen molar-refractivity contribution in [3.63, 3.8) is 0 Å². The first kappa shape index (κ1) is 17.0. The minimum absolute atomic E-state index is 0.